The molecule has 1 N–H and O–H groups in total. The molecule has 3 aromatic rings. The van der Waals surface area contributed by atoms with Crippen LogP contribution in [0.3, 0.4) is 0 Å². The molecule has 7 heteroatoms. The number of allylic oxidation sites excluding steroid dienone is 1. The zero-order valence-electron chi connectivity index (χ0n) is 18.0. The highest BCUT2D eigenvalue weighted by atomic mass is 16.5. The van der Waals surface area contributed by atoms with Crippen LogP contribution in [-0.4, -0.2) is 33.4 Å². The molecule has 1 aliphatic carbocycles. The predicted molar refractivity (Wildman–Crippen MR) is 120 cm³/mol. The fourth-order valence-corrected chi connectivity index (χ4v) is 3.70. The van der Waals surface area contributed by atoms with Crippen LogP contribution in [0.15, 0.2) is 60.2 Å². The van der Waals surface area contributed by atoms with E-state index in [9.17, 15) is 0 Å². The zero-order chi connectivity index (χ0) is 21.3. The molecular weight excluding hydrogens is 390 g/mol. The molecule has 1 aromatic heterocycles. The Bertz CT molecular complexity index is 1000. The van der Waals surface area contributed by atoms with Crippen molar-refractivity contribution in [2.24, 2.45) is 0 Å². The fraction of sp³-hybridized carbons (Fsp3) is 0.375. The topological polar surface area (TPSA) is 74.1 Å². The van der Waals surface area contributed by atoms with Gasteiger partial charge in [-0.1, -0.05) is 41.0 Å². The van der Waals surface area contributed by atoms with Gasteiger partial charge >= 0.3 is 6.01 Å². The number of ether oxygens (including phenoxy) is 2. The molecule has 7 nitrogen and oxygen atoms in total. The van der Waals surface area contributed by atoms with Crippen LogP contribution in [0.5, 0.6) is 17.5 Å². The highest BCUT2D eigenvalue weighted by Crippen LogP contribution is 2.32. The molecule has 0 unspecified atom stereocenters. The summed E-state index contributed by atoms with van der Waals surface area (Å²) >= 11 is 0. The number of hydrogen-bond donors (Lipinski definition) is 1. The SMILES string of the molecule is CCOc1cc(CNCCC2=CCCCC2)ccc1Oc1nnnn1-c1ccccc1. The molecule has 2 aromatic carbocycles. The summed E-state index contributed by atoms with van der Waals surface area (Å²) in [6.45, 7) is 4.28. The summed E-state index contributed by atoms with van der Waals surface area (Å²) in [4.78, 5) is 0. The molecule has 0 atom stereocenters. The Morgan fingerprint density at radius 1 is 1.06 bits per heavy atom. The number of hydrogen-bond acceptors (Lipinski definition) is 6. The summed E-state index contributed by atoms with van der Waals surface area (Å²) in [5.74, 6) is 1.27. The van der Waals surface area contributed by atoms with E-state index < -0.39 is 0 Å². The van der Waals surface area contributed by atoms with Crippen molar-refractivity contribution in [2.75, 3.05) is 13.2 Å². The van der Waals surface area contributed by atoms with Crippen molar-refractivity contribution < 1.29 is 9.47 Å². The Morgan fingerprint density at radius 2 is 1.97 bits per heavy atom. The molecule has 0 bridgehead atoms. The number of para-hydroxylation sites is 1. The van der Waals surface area contributed by atoms with Crippen LogP contribution in [0, 0.1) is 0 Å². The third-order valence-electron chi connectivity index (χ3n) is 5.29. The van der Waals surface area contributed by atoms with Crippen LogP contribution < -0.4 is 14.8 Å². The first-order valence-corrected chi connectivity index (χ1v) is 11.0. The van der Waals surface area contributed by atoms with Crippen molar-refractivity contribution in [3.63, 3.8) is 0 Å². The molecule has 31 heavy (non-hydrogen) atoms. The maximum atomic E-state index is 6.02. The van der Waals surface area contributed by atoms with Gasteiger partial charge in [0.05, 0.1) is 12.3 Å². The number of rotatable bonds is 10. The molecule has 162 valence electrons. The van der Waals surface area contributed by atoms with E-state index in [0.717, 1.165) is 30.8 Å². The molecule has 1 heterocycles. The third kappa shape index (κ3) is 5.70. The minimum absolute atomic E-state index is 0.291. The van der Waals surface area contributed by atoms with Crippen molar-refractivity contribution in [3.05, 3.63) is 65.7 Å². The van der Waals surface area contributed by atoms with Gasteiger partial charge in [-0.05, 0) is 85.8 Å². The monoisotopic (exact) mass is 419 g/mol. The largest absolute Gasteiger partial charge is 0.490 e. The maximum absolute atomic E-state index is 6.02. The highest BCUT2D eigenvalue weighted by molar-refractivity contribution is 5.45. The molecule has 4 rings (SSSR count). The molecule has 0 radical (unpaired) electrons. The molecule has 1 aliphatic rings. The average molecular weight is 420 g/mol. The molecule has 0 saturated heterocycles. The van der Waals surface area contributed by atoms with Crippen LogP contribution in [-0.2, 0) is 6.54 Å². The van der Waals surface area contributed by atoms with Crippen LogP contribution in [0.25, 0.3) is 5.69 Å². The van der Waals surface area contributed by atoms with Crippen molar-refractivity contribution in [3.8, 4) is 23.2 Å². The van der Waals surface area contributed by atoms with Gasteiger partial charge in [0.1, 0.15) is 0 Å². The first kappa shape index (κ1) is 21.1. The van der Waals surface area contributed by atoms with E-state index in [-0.39, 0.29) is 0 Å². The van der Waals surface area contributed by atoms with Gasteiger partial charge in [0.15, 0.2) is 11.5 Å². The lowest BCUT2D eigenvalue weighted by Gasteiger charge is -2.14. The molecule has 0 amide bonds. The highest BCUT2D eigenvalue weighted by Gasteiger charge is 2.14. The van der Waals surface area contributed by atoms with E-state index in [0.29, 0.717) is 24.1 Å². The standard InChI is InChI=1S/C24H29N5O2/c1-2-30-23-17-20(18-25-16-15-19-9-5-3-6-10-19)13-14-22(23)31-24-26-27-28-29(24)21-11-7-4-8-12-21/h4,7-9,11-14,17,25H,2-3,5-6,10,15-16,18H2,1H3. The van der Waals surface area contributed by atoms with Gasteiger partial charge in [0.25, 0.3) is 0 Å². The van der Waals surface area contributed by atoms with Gasteiger partial charge in [-0.3, -0.25) is 0 Å². The number of tetrazole rings is 1. The zero-order valence-corrected chi connectivity index (χ0v) is 18.0. The molecule has 0 saturated carbocycles. The predicted octanol–water partition coefficient (Wildman–Crippen LogP) is 4.83. The Morgan fingerprint density at radius 3 is 2.77 bits per heavy atom. The second-order valence-electron chi connectivity index (χ2n) is 7.56. The van der Waals surface area contributed by atoms with E-state index in [2.05, 4.69) is 26.9 Å². The summed E-state index contributed by atoms with van der Waals surface area (Å²) in [5, 5.41) is 15.4. The minimum Gasteiger partial charge on any atom is -0.490 e. The Hall–Kier alpha value is -3.19. The Kier molecular flexibility index (Phi) is 7.28. The fourth-order valence-electron chi connectivity index (χ4n) is 3.70. The third-order valence-corrected chi connectivity index (χ3v) is 5.29. The number of benzene rings is 2. The van der Waals surface area contributed by atoms with Crippen molar-refractivity contribution in [1.82, 2.24) is 25.5 Å². The first-order valence-electron chi connectivity index (χ1n) is 11.0. The molecule has 0 spiro atoms. The normalized spacial score (nSPS) is 13.6. The van der Waals surface area contributed by atoms with Gasteiger partial charge in [-0.15, -0.1) is 0 Å². The number of aromatic nitrogens is 4. The van der Waals surface area contributed by atoms with Crippen LogP contribution >= 0.6 is 0 Å². The summed E-state index contributed by atoms with van der Waals surface area (Å²) in [7, 11) is 0. The Labute approximate surface area is 183 Å². The minimum atomic E-state index is 0.291. The van der Waals surface area contributed by atoms with Gasteiger partial charge in [0, 0.05) is 6.54 Å². The lowest BCUT2D eigenvalue weighted by molar-refractivity contribution is 0.315. The number of nitrogens with one attached hydrogen (secondary N) is 1. The van der Waals surface area contributed by atoms with E-state index in [1.54, 1.807) is 10.3 Å². The van der Waals surface area contributed by atoms with E-state index >= 15 is 0 Å². The van der Waals surface area contributed by atoms with E-state index in [4.69, 9.17) is 9.47 Å². The number of nitrogens with zero attached hydrogens (tertiary/aromatic N) is 4. The van der Waals surface area contributed by atoms with Gasteiger partial charge in [-0.2, -0.15) is 4.68 Å². The second kappa shape index (κ2) is 10.7. The second-order valence-corrected chi connectivity index (χ2v) is 7.56. The summed E-state index contributed by atoms with van der Waals surface area (Å²) < 4.78 is 13.4. The summed E-state index contributed by atoms with van der Waals surface area (Å²) in [6, 6.07) is 15.9. The van der Waals surface area contributed by atoms with Gasteiger partial charge in [0.2, 0.25) is 0 Å². The van der Waals surface area contributed by atoms with Crippen molar-refractivity contribution >= 4 is 0 Å². The van der Waals surface area contributed by atoms with Crippen molar-refractivity contribution in [1.29, 1.82) is 0 Å². The van der Waals surface area contributed by atoms with E-state index in [1.807, 2.05) is 55.5 Å². The lowest BCUT2D eigenvalue weighted by atomic mass is 9.97. The average Bonchev–Trinajstić information content (AvgIpc) is 3.28. The molecular formula is C24H29N5O2. The van der Waals surface area contributed by atoms with Crippen LogP contribution in [0.2, 0.25) is 0 Å². The van der Waals surface area contributed by atoms with Crippen molar-refractivity contribution in [2.45, 2.75) is 45.6 Å². The van der Waals surface area contributed by atoms with Gasteiger partial charge in [-0.25, -0.2) is 0 Å². The molecule has 0 aliphatic heterocycles. The van der Waals surface area contributed by atoms with Gasteiger partial charge < -0.3 is 14.8 Å². The molecule has 0 fully saturated rings. The first-order chi connectivity index (χ1) is 15.3. The summed E-state index contributed by atoms with van der Waals surface area (Å²) in [5.41, 5.74) is 3.57. The summed E-state index contributed by atoms with van der Waals surface area (Å²) in [6.07, 6.45) is 8.70. The Balaban J connectivity index is 1.41. The van der Waals surface area contributed by atoms with Crippen LogP contribution in [0.4, 0.5) is 0 Å². The van der Waals surface area contributed by atoms with E-state index in [1.165, 1.54) is 25.7 Å². The van der Waals surface area contributed by atoms with Crippen LogP contribution in [0.1, 0.15) is 44.6 Å². The maximum Gasteiger partial charge on any atom is 0.346 e. The lowest BCUT2D eigenvalue weighted by Crippen LogP contribution is -2.15. The quantitative estimate of drug-likeness (QED) is 0.375. The smallest absolute Gasteiger partial charge is 0.346 e.